The zero-order valence-corrected chi connectivity index (χ0v) is 18.7. The van der Waals surface area contributed by atoms with E-state index in [-0.39, 0.29) is 46.5 Å². The molecule has 0 saturated heterocycles. The second-order valence-electron chi connectivity index (χ2n) is 5.67. The third-order valence-corrected chi connectivity index (χ3v) is 4.22. The van der Waals surface area contributed by atoms with Gasteiger partial charge in [0.25, 0.3) is 0 Å². The normalized spacial score (nSPS) is 12.4. The van der Waals surface area contributed by atoms with Crippen LogP contribution in [0.5, 0.6) is 0 Å². The predicted octanol–water partition coefficient (Wildman–Crippen LogP) is 7.45. The Morgan fingerprint density at radius 1 is 1.04 bits per heavy atom. The van der Waals surface area contributed by atoms with Crippen molar-refractivity contribution in [2.45, 2.75) is 53.9 Å². The summed E-state index contributed by atoms with van der Waals surface area (Å²) in [6.07, 6.45) is 5.52. The smallest absolute Gasteiger partial charge is 0.677 e. The van der Waals surface area contributed by atoms with Gasteiger partial charge >= 0.3 is 21.7 Å². The molecule has 0 aliphatic heterocycles. The molecule has 1 N–H and O–H groups in total. The first-order valence-electron chi connectivity index (χ1n) is 7.96. The van der Waals surface area contributed by atoms with Crippen LogP contribution in [0, 0.1) is 6.42 Å². The predicted molar refractivity (Wildman–Crippen MR) is 110 cm³/mol. The maximum Gasteiger partial charge on any atom is 2.00 e. The van der Waals surface area contributed by atoms with Crippen LogP contribution in [0.1, 0.15) is 65.0 Å². The molecule has 0 unspecified atom stereocenters. The van der Waals surface area contributed by atoms with Crippen molar-refractivity contribution < 1.29 is 21.7 Å². The Balaban J connectivity index is -0.000000490. The van der Waals surface area contributed by atoms with Crippen LogP contribution in [0.25, 0.3) is 11.3 Å². The van der Waals surface area contributed by atoms with E-state index in [1.165, 1.54) is 33.4 Å². The number of allylic oxidation sites excluding steroid dienone is 4. The zero-order chi connectivity index (χ0) is 15.8. The standard InChI is InChI=1S/C16H19.C4H10N.2ClH.Ti/c1-5-14-8-6-7-9-15(14)16-10-11(2)12(3)13(16)4;1-2-3-4-5;;;/h5-9H,10H2,1-4H3;5H,2-4H2,1H3;2*1H;/q2*-1;;;+2. The summed E-state index contributed by atoms with van der Waals surface area (Å²) in [6, 6.07) is 8.67. The van der Waals surface area contributed by atoms with E-state index >= 15 is 0 Å². The Morgan fingerprint density at radius 2 is 1.62 bits per heavy atom. The molecule has 0 atom stereocenters. The molecule has 0 spiro atoms. The zero-order valence-electron chi connectivity index (χ0n) is 15.5. The molecule has 0 saturated carbocycles. The minimum Gasteiger partial charge on any atom is -0.677 e. The molecule has 0 bridgehead atoms. The van der Waals surface area contributed by atoms with Crippen LogP contribution in [-0.4, -0.2) is 6.54 Å². The Labute approximate surface area is 176 Å². The van der Waals surface area contributed by atoms with Crippen LogP contribution in [-0.2, 0) is 21.7 Å². The molecule has 0 aromatic heterocycles. The maximum atomic E-state index is 6.60. The van der Waals surface area contributed by atoms with Crippen LogP contribution in [0.4, 0.5) is 0 Å². The van der Waals surface area contributed by atoms with Crippen molar-refractivity contribution in [1.29, 1.82) is 0 Å². The summed E-state index contributed by atoms with van der Waals surface area (Å²) in [5.74, 6) is 0. The van der Waals surface area contributed by atoms with Gasteiger partial charge in [0.2, 0.25) is 0 Å². The van der Waals surface area contributed by atoms with Crippen molar-refractivity contribution in [3.63, 3.8) is 0 Å². The Hall–Kier alpha value is -0.176. The number of unbranched alkanes of at least 4 members (excludes halogenated alkanes) is 1. The van der Waals surface area contributed by atoms with Crippen LogP contribution in [0.3, 0.4) is 0 Å². The minimum absolute atomic E-state index is 0. The van der Waals surface area contributed by atoms with Crippen LogP contribution >= 0.6 is 24.8 Å². The Bertz CT molecular complexity index is 534. The third kappa shape index (κ3) is 7.80. The summed E-state index contributed by atoms with van der Waals surface area (Å²) in [6.45, 7) is 11.5. The molecule has 1 aliphatic carbocycles. The van der Waals surface area contributed by atoms with E-state index in [0.29, 0.717) is 6.54 Å². The van der Waals surface area contributed by atoms with E-state index in [9.17, 15) is 0 Å². The van der Waals surface area contributed by atoms with Crippen LogP contribution in [0.15, 0.2) is 41.0 Å². The van der Waals surface area contributed by atoms with Crippen molar-refractivity contribution in [3.8, 4) is 0 Å². The van der Waals surface area contributed by atoms with Crippen molar-refractivity contribution in [2.75, 3.05) is 6.54 Å². The maximum absolute atomic E-state index is 6.60. The Kier molecular flexibility index (Phi) is 18.0. The van der Waals surface area contributed by atoms with E-state index in [2.05, 4.69) is 65.3 Å². The first-order valence-corrected chi connectivity index (χ1v) is 7.96. The minimum atomic E-state index is 0. The number of rotatable bonds is 4. The largest absolute Gasteiger partial charge is 2.00 e. The van der Waals surface area contributed by atoms with E-state index < -0.39 is 0 Å². The van der Waals surface area contributed by atoms with Gasteiger partial charge in [0, 0.05) is 0 Å². The molecule has 0 heterocycles. The molecule has 1 aromatic rings. The number of halogens is 2. The monoisotopic (exact) mass is 403 g/mol. The summed E-state index contributed by atoms with van der Waals surface area (Å²) >= 11 is 0. The molecule has 0 radical (unpaired) electrons. The van der Waals surface area contributed by atoms with Crippen molar-refractivity contribution >= 4 is 30.4 Å². The van der Waals surface area contributed by atoms with Gasteiger partial charge in [-0.15, -0.1) is 42.5 Å². The third-order valence-electron chi connectivity index (χ3n) is 4.22. The molecule has 2 rings (SSSR count). The topological polar surface area (TPSA) is 23.8 Å². The van der Waals surface area contributed by atoms with Crippen LogP contribution < -0.4 is 0 Å². The first kappa shape index (κ1) is 28.6. The summed E-state index contributed by atoms with van der Waals surface area (Å²) in [4.78, 5) is 0. The quantitative estimate of drug-likeness (QED) is 0.368. The number of hydrogen-bond donors (Lipinski definition) is 0. The molecule has 1 aliphatic rings. The van der Waals surface area contributed by atoms with Crippen molar-refractivity contribution in [1.82, 2.24) is 0 Å². The molecule has 0 amide bonds. The van der Waals surface area contributed by atoms with Gasteiger partial charge < -0.3 is 5.73 Å². The van der Waals surface area contributed by atoms with Gasteiger partial charge in [0.05, 0.1) is 0 Å². The second kappa shape index (κ2) is 15.1. The number of nitrogens with one attached hydrogen (secondary N) is 1. The van der Waals surface area contributed by atoms with Gasteiger partial charge in [0.15, 0.2) is 0 Å². The fraction of sp³-hybridized carbons (Fsp3) is 0.450. The summed E-state index contributed by atoms with van der Waals surface area (Å²) in [5, 5.41) is 0. The van der Waals surface area contributed by atoms with Crippen molar-refractivity contribution in [2.24, 2.45) is 0 Å². The van der Waals surface area contributed by atoms with E-state index in [1.807, 2.05) is 0 Å². The van der Waals surface area contributed by atoms with Gasteiger partial charge in [-0.05, 0) is 32.8 Å². The molecular formula is C20H31Cl2NTi. The van der Waals surface area contributed by atoms with Gasteiger partial charge in [-0.3, -0.25) is 0 Å². The van der Waals surface area contributed by atoms with Crippen molar-refractivity contribution in [3.05, 3.63) is 64.3 Å². The number of benzene rings is 1. The fourth-order valence-electron chi connectivity index (χ4n) is 2.57. The average molecular weight is 404 g/mol. The van der Waals surface area contributed by atoms with E-state index in [1.54, 1.807) is 0 Å². The van der Waals surface area contributed by atoms with Gasteiger partial charge in [-0.25, -0.2) is 0 Å². The molecule has 24 heavy (non-hydrogen) atoms. The Morgan fingerprint density at radius 3 is 2.00 bits per heavy atom. The van der Waals surface area contributed by atoms with E-state index in [4.69, 9.17) is 5.73 Å². The van der Waals surface area contributed by atoms with Crippen LogP contribution in [0.2, 0.25) is 0 Å². The second-order valence-corrected chi connectivity index (χ2v) is 5.67. The molecule has 1 nitrogen and oxygen atoms in total. The molecular weight excluding hydrogens is 373 g/mol. The molecule has 134 valence electrons. The van der Waals surface area contributed by atoms with E-state index in [0.717, 1.165) is 19.3 Å². The summed E-state index contributed by atoms with van der Waals surface area (Å²) in [5.41, 5.74) is 15.3. The first-order chi connectivity index (χ1) is 10.1. The number of hydrogen-bond acceptors (Lipinski definition) is 0. The molecule has 1 aromatic carbocycles. The van der Waals surface area contributed by atoms with Gasteiger partial charge in [0.1, 0.15) is 0 Å². The summed E-state index contributed by atoms with van der Waals surface area (Å²) in [7, 11) is 0. The molecule has 4 heteroatoms. The fourth-order valence-corrected chi connectivity index (χ4v) is 2.57. The summed E-state index contributed by atoms with van der Waals surface area (Å²) < 4.78 is 0. The SMILES string of the molecule is CCCC[NH-].C[CH-]c1ccccc1C1=C(C)C(C)=C(C)C1.Cl.Cl.[Ti+2]. The average Bonchev–Trinajstić information content (AvgIpc) is 2.76. The van der Waals surface area contributed by atoms with Gasteiger partial charge in [-0.1, -0.05) is 49.5 Å². The van der Waals surface area contributed by atoms with Gasteiger partial charge in [-0.2, -0.15) is 24.6 Å². The molecule has 0 fully saturated rings.